The summed E-state index contributed by atoms with van der Waals surface area (Å²) in [4.78, 5) is 0. The van der Waals surface area contributed by atoms with E-state index in [1.54, 1.807) is 14.2 Å². The van der Waals surface area contributed by atoms with Gasteiger partial charge in [0.2, 0.25) is 0 Å². The minimum Gasteiger partial charge on any atom is -0.352 e. The van der Waals surface area contributed by atoms with Gasteiger partial charge in [-0.2, -0.15) is 0 Å². The molecule has 0 aromatic carbocycles. The van der Waals surface area contributed by atoms with Crippen LogP contribution in [0, 0.1) is 0 Å². The van der Waals surface area contributed by atoms with Gasteiger partial charge in [0, 0.05) is 20.1 Å². The Labute approximate surface area is 78.9 Å². The third-order valence-corrected chi connectivity index (χ3v) is 1.35. The van der Waals surface area contributed by atoms with Crippen molar-refractivity contribution in [3.63, 3.8) is 0 Å². The maximum Gasteiger partial charge on any atom is 0.178 e. The lowest BCUT2D eigenvalue weighted by atomic mass is 10.3. The SMILES string of the molecule is COC(OC)C(C)=CCCl.Cl. The standard InChI is InChI=1S/C7H13ClO2.ClH/c1-6(4-5-8)7(9-2)10-3;/h4,7H,5H2,1-3H3;1H. The molecule has 0 aliphatic heterocycles. The summed E-state index contributed by atoms with van der Waals surface area (Å²) in [5, 5.41) is 0. The summed E-state index contributed by atoms with van der Waals surface area (Å²) in [6, 6.07) is 0. The number of rotatable bonds is 4. The summed E-state index contributed by atoms with van der Waals surface area (Å²) in [5.41, 5.74) is 1.00. The summed E-state index contributed by atoms with van der Waals surface area (Å²) >= 11 is 5.47. The lowest BCUT2D eigenvalue weighted by Gasteiger charge is -2.12. The van der Waals surface area contributed by atoms with E-state index >= 15 is 0 Å². The highest BCUT2D eigenvalue weighted by Crippen LogP contribution is 2.05. The van der Waals surface area contributed by atoms with Crippen LogP contribution in [0.5, 0.6) is 0 Å². The first kappa shape index (κ1) is 13.8. The third kappa shape index (κ3) is 5.50. The molecule has 68 valence electrons. The molecule has 0 atom stereocenters. The van der Waals surface area contributed by atoms with Gasteiger partial charge < -0.3 is 9.47 Å². The Morgan fingerprint density at radius 2 is 1.91 bits per heavy atom. The van der Waals surface area contributed by atoms with Crippen molar-refractivity contribution >= 4 is 24.0 Å². The molecule has 2 nitrogen and oxygen atoms in total. The Hall–Kier alpha value is 0.240. The van der Waals surface area contributed by atoms with Crippen LogP contribution in [0.4, 0.5) is 0 Å². The quantitative estimate of drug-likeness (QED) is 0.394. The number of methoxy groups -OCH3 is 2. The van der Waals surface area contributed by atoms with Gasteiger partial charge in [0.15, 0.2) is 6.29 Å². The van der Waals surface area contributed by atoms with Crippen LogP contribution in [0.3, 0.4) is 0 Å². The maximum atomic E-state index is 5.47. The monoisotopic (exact) mass is 200 g/mol. The van der Waals surface area contributed by atoms with Crippen LogP contribution >= 0.6 is 24.0 Å². The second kappa shape index (κ2) is 8.34. The van der Waals surface area contributed by atoms with Crippen molar-refractivity contribution in [1.82, 2.24) is 0 Å². The molecule has 0 spiro atoms. The molecule has 0 aromatic rings. The molecule has 0 rings (SSSR count). The highest BCUT2D eigenvalue weighted by Gasteiger charge is 2.05. The Morgan fingerprint density at radius 1 is 1.45 bits per heavy atom. The van der Waals surface area contributed by atoms with Crippen molar-refractivity contribution in [2.24, 2.45) is 0 Å². The van der Waals surface area contributed by atoms with Gasteiger partial charge in [-0.3, -0.25) is 0 Å². The van der Waals surface area contributed by atoms with E-state index in [9.17, 15) is 0 Å². The first-order valence-electron chi connectivity index (χ1n) is 3.04. The average Bonchev–Trinajstić information content (AvgIpc) is 1.91. The van der Waals surface area contributed by atoms with E-state index in [0.29, 0.717) is 5.88 Å². The molecule has 0 bridgehead atoms. The van der Waals surface area contributed by atoms with Crippen molar-refractivity contribution in [3.8, 4) is 0 Å². The van der Waals surface area contributed by atoms with Gasteiger partial charge in [0.05, 0.1) is 0 Å². The largest absolute Gasteiger partial charge is 0.352 e. The average molecular weight is 201 g/mol. The van der Waals surface area contributed by atoms with Gasteiger partial charge >= 0.3 is 0 Å². The zero-order valence-corrected chi connectivity index (χ0v) is 8.54. The fourth-order valence-electron chi connectivity index (χ4n) is 0.686. The Morgan fingerprint density at radius 3 is 2.18 bits per heavy atom. The van der Waals surface area contributed by atoms with Crippen LogP contribution in [0.1, 0.15) is 6.92 Å². The van der Waals surface area contributed by atoms with Crippen molar-refractivity contribution < 1.29 is 9.47 Å². The van der Waals surface area contributed by atoms with Gasteiger partial charge in [0.25, 0.3) is 0 Å². The number of ether oxygens (including phenoxy) is 2. The fraction of sp³-hybridized carbons (Fsp3) is 0.714. The van der Waals surface area contributed by atoms with Crippen LogP contribution in [0.25, 0.3) is 0 Å². The van der Waals surface area contributed by atoms with Crippen LogP contribution in [-0.2, 0) is 9.47 Å². The van der Waals surface area contributed by atoms with E-state index in [-0.39, 0.29) is 18.7 Å². The predicted molar refractivity (Wildman–Crippen MR) is 49.5 cm³/mol. The molecule has 0 fully saturated rings. The molecule has 0 saturated carbocycles. The van der Waals surface area contributed by atoms with Crippen LogP contribution < -0.4 is 0 Å². The van der Waals surface area contributed by atoms with E-state index in [2.05, 4.69) is 0 Å². The first-order chi connectivity index (χ1) is 4.76. The zero-order valence-electron chi connectivity index (χ0n) is 6.96. The summed E-state index contributed by atoms with van der Waals surface area (Å²) in [7, 11) is 3.19. The number of hydrogen-bond acceptors (Lipinski definition) is 2. The molecule has 11 heavy (non-hydrogen) atoms. The third-order valence-electron chi connectivity index (χ3n) is 1.20. The molecule has 0 aliphatic carbocycles. The lowest BCUT2D eigenvalue weighted by molar-refractivity contribution is -0.0747. The molecule has 4 heteroatoms. The van der Waals surface area contributed by atoms with Gasteiger partial charge in [0.1, 0.15) is 0 Å². The molecule has 0 N–H and O–H groups in total. The van der Waals surface area contributed by atoms with E-state index < -0.39 is 0 Å². The molecular weight excluding hydrogens is 187 g/mol. The Kier molecular flexibility index (Phi) is 10.5. The summed E-state index contributed by atoms with van der Waals surface area (Å²) in [6.07, 6.45) is 1.61. The topological polar surface area (TPSA) is 18.5 Å². The van der Waals surface area contributed by atoms with E-state index in [1.807, 2.05) is 13.0 Å². The Balaban J connectivity index is 0. The van der Waals surface area contributed by atoms with Crippen LogP contribution in [-0.4, -0.2) is 26.4 Å². The van der Waals surface area contributed by atoms with Crippen LogP contribution in [0.2, 0.25) is 0 Å². The predicted octanol–water partition coefficient (Wildman–Crippen LogP) is 2.21. The van der Waals surface area contributed by atoms with Gasteiger partial charge in [-0.1, -0.05) is 6.08 Å². The Bertz CT molecular complexity index is 111. The summed E-state index contributed by atoms with van der Waals surface area (Å²) in [5.74, 6) is 0.495. The van der Waals surface area contributed by atoms with Crippen molar-refractivity contribution in [2.75, 3.05) is 20.1 Å². The molecule has 0 aliphatic rings. The fourth-order valence-corrected chi connectivity index (χ4v) is 0.929. The second-order valence-electron chi connectivity index (χ2n) is 1.91. The molecule has 0 radical (unpaired) electrons. The molecule has 0 saturated heterocycles. The minimum absolute atomic E-state index is 0. The lowest BCUT2D eigenvalue weighted by Crippen LogP contribution is -2.14. The second-order valence-corrected chi connectivity index (χ2v) is 2.21. The number of halogens is 2. The number of allylic oxidation sites excluding steroid dienone is 1. The van der Waals surface area contributed by atoms with E-state index in [0.717, 1.165) is 5.57 Å². The molecule has 0 unspecified atom stereocenters. The highest BCUT2D eigenvalue weighted by atomic mass is 35.5. The van der Waals surface area contributed by atoms with Gasteiger partial charge in [-0.15, -0.1) is 24.0 Å². The van der Waals surface area contributed by atoms with Gasteiger partial charge in [-0.05, 0) is 12.5 Å². The van der Waals surface area contributed by atoms with E-state index in [1.165, 1.54) is 0 Å². The highest BCUT2D eigenvalue weighted by molar-refractivity contribution is 6.18. The molecule has 0 amide bonds. The molecule has 0 heterocycles. The van der Waals surface area contributed by atoms with Crippen molar-refractivity contribution in [3.05, 3.63) is 11.6 Å². The maximum absolute atomic E-state index is 5.47. The van der Waals surface area contributed by atoms with Crippen molar-refractivity contribution in [1.29, 1.82) is 0 Å². The van der Waals surface area contributed by atoms with Gasteiger partial charge in [-0.25, -0.2) is 0 Å². The number of alkyl halides is 1. The van der Waals surface area contributed by atoms with E-state index in [4.69, 9.17) is 21.1 Å². The van der Waals surface area contributed by atoms with Crippen molar-refractivity contribution in [2.45, 2.75) is 13.2 Å². The zero-order chi connectivity index (χ0) is 7.98. The minimum atomic E-state index is -0.251. The number of hydrogen-bond donors (Lipinski definition) is 0. The first-order valence-corrected chi connectivity index (χ1v) is 3.58. The molecular formula is C7H14Cl2O2. The summed E-state index contributed by atoms with van der Waals surface area (Å²) < 4.78 is 9.93. The molecule has 0 aromatic heterocycles. The summed E-state index contributed by atoms with van der Waals surface area (Å²) in [6.45, 7) is 1.92. The van der Waals surface area contributed by atoms with Crippen LogP contribution in [0.15, 0.2) is 11.6 Å². The smallest absolute Gasteiger partial charge is 0.178 e. The normalized spacial score (nSPS) is 11.5.